The molecule has 6 heteroatoms. The van der Waals surface area contributed by atoms with E-state index in [1.807, 2.05) is 23.8 Å². The maximum atomic E-state index is 10.6. The summed E-state index contributed by atoms with van der Waals surface area (Å²) in [4.78, 5) is 7.14. The Balaban J connectivity index is 1.75. The van der Waals surface area contributed by atoms with Gasteiger partial charge in [0.05, 0.1) is 6.54 Å². The molecule has 1 aliphatic rings. The quantitative estimate of drug-likeness (QED) is 0.376. The van der Waals surface area contributed by atoms with Gasteiger partial charge in [-0.05, 0) is 74.5 Å². The number of nitrogens with zero attached hydrogens (tertiary/aromatic N) is 2. The topological polar surface area (TPSA) is 59.9 Å². The van der Waals surface area contributed by atoms with Crippen LogP contribution in [0.3, 0.4) is 0 Å². The predicted octanol–water partition coefficient (Wildman–Crippen LogP) is 2.63. The van der Waals surface area contributed by atoms with E-state index in [0.29, 0.717) is 6.54 Å². The van der Waals surface area contributed by atoms with Crippen LogP contribution in [-0.2, 0) is 5.60 Å². The molecule has 1 fully saturated rings. The van der Waals surface area contributed by atoms with Crippen molar-refractivity contribution in [1.29, 1.82) is 0 Å². The number of hydrogen-bond acceptors (Lipinski definition) is 4. The van der Waals surface area contributed by atoms with Crippen molar-refractivity contribution in [2.75, 3.05) is 39.3 Å². The Hall–Kier alpha value is -1.11. The number of aliphatic imine (C=N–C) groups is 1. The van der Waals surface area contributed by atoms with Crippen molar-refractivity contribution < 1.29 is 5.11 Å². The molecule has 2 heterocycles. The minimum absolute atomic E-state index is 0.350. The summed E-state index contributed by atoms with van der Waals surface area (Å²) >= 11 is 1.60. The van der Waals surface area contributed by atoms with Crippen LogP contribution in [0.2, 0.25) is 0 Å². The minimum Gasteiger partial charge on any atom is -0.383 e. The summed E-state index contributed by atoms with van der Waals surface area (Å²) in [5, 5.41) is 21.2. The predicted molar refractivity (Wildman–Crippen MR) is 107 cm³/mol. The average Bonchev–Trinajstić information content (AvgIpc) is 3.12. The van der Waals surface area contributed by atoms with Crippen LogP contribution in [0, 0.1) is 5.92 Å². The molecule has 3 N–H and O–H groups in total. The van der Waals surface area contributed by atoms with E-state index < -0.39 is 5.60 Å². The van der Waals surface area contributed by atoms with Crippen molar-refractivity contribution in [2.45, 2.75) is 45.6 Å². The van der Waals surface area contributed by atoms with Crippen LogP contribution in [0.1, 0.15) is 45.6 Å². The molecular formula is C19H34N4OS. The molecule has 0 spiro atoms. The number of hydrogen-bond donors (Lipinski definition) is 3. The van der Waals surface area contributed by atoms with E-state index in [0.717, 1.165) is 43.5 Å². The van der Waals surface area contributed by atoms with Crippen LogP contribution in [-0.4, -0.2) is 55.2 Å². The fourth-order valence-corrected chi connectivity index (χ4v) is 4.02. The molecule has 1 aromatic rings. The summed E-state index contributed by atoms with van der Waals surface area (Å²) in [6, 6.07) is 1.96. The Bertz CT molecular complexity index is 516. The summed E-state index contributed by atoms with van der Waals surface area (Å²) < 4.78 is 0. The zero-order valence-electron chi connectivity index (χ0n) is 15.9. The lowest BCUT2D eigenvalue weighted by atomic mass is 10.00. The van der Waals surface area contributed by atoms with Crippen molar-refractivity contribution in [1.82, 2.24) is 15.5 Å². The van der Waals surface area contributed by atoms with Gasteiger partial charge in [-0.3, -0.25) is 0 Å². The lowest BCUT2D eigenvalue weighted by Gasteiger charge is -2.30. The van der Waals surface area contributed by atoms with Crippen LogP contribution < -0.4 is 10.6 Å². The molecule has 142 valence electrons. The third-order valence-electron chi connectivity index (χ3n) is 4.72. The first-order chi connectivity index (χ1) is 12.0. The molecule has 2 rings (SSSR count). The zero-order chi connectivity index (χ0) is 18.1. The van der Waals surface area contributed by atoms with Crippen molar-refractivity contribution in [3.8, 4) is 0 Å². The first-order valence-electron chi connectivity index (χ1n) is 9.51. The van der Waals surface area contributed by atoms with Crippen LogP contribution >= 0.6 is 11.3 Å². The Kier molecular flexibility index (Phi) is 8.19. The molecule has 0 amide bonds. The number of aliphatic hydroxyl groups is 1. The number of guanidine groups is 1. The van der Waals surface area contributed by atoms with Crippen LogP contribution in [0.5, 0.6) is 0 Å². The molecule has 1 aromatic heterocycles. The number of piperidine rings is 1. The van der Waals surface area contributed by atoms with E-state index in [-0.39, 0.29) is 0 Å². The molecule has 5 nitrogen and oxygen atoms in total. The van der Waals surface area contributed by atoms with Gasteiger partial charge in [0.15, 0.2) is 5.96 Å². The highest BCUT2D eigenvalue weighted by Crippen LogP contribution is 2.23. The summed E-state index contributed by atoms with van der Waals surface area (Å²) in [5.74, 6) is 1.62. The second-order valence-electron chi connectivity index (χ2n) is 7.31. The molecule has 0 aromatic carbocycles. The number of nitrogens with one attached hydrogen (secondary N) is 2. The molecule has 2 unspecified atom stereocenters. The van der Waals surface area contributed by atoms with Crippen molar-refractivity contribution in [3.05, 3.63) is 22.4 Å². The summed E-state index contributed by atoms with van der Waals surface area (Å²) in [7, 11) is 0. The van der Waals surface area contributed by atoms with Gasteiger partial charge in [-0.1, -0.05) is 6.92 Å². The average molecular weight is 367 g/mol. The minimum atomic E-state index is -0.924. The van der Waals surface area contributed by atoms with E-state index in [9.17, 15) is 5.11 Å². The maximum Gasteiger partial charge on any atom is 0.191 e. The van der Waals surface area contributed by atoms with Gasteiger partial charge in [0, 0.05) is 19.6 Å². The summed E-state index contributed by atoms with van der Waals surface area (Å²) in [5.41, 5.74) is 0.00283. The zero-order valence-corrected chi connectivity index (χ0v) is 16.7. The van der Waals surface area contributed by atoms with E-state index in [2.05, 4.69) is 34.4 Å². The van der Waals surface area contributed by atoms with Gasteiger partial charge >= 0.3 is 0 Å². The van der Waals surface area contributed by atoms with E-state index >= 15 is 0 Å². The van der Waals surface area contributed by atoms with Crippen molar-refractivity contribution in [3.63, 3.8) is 0 Å². The lowest BCUT2D eigenvalue weighted by Crippen LogP contribution is -2.41. The molecule has 0 saturated carbocycles. The smallest absolute Gasteiger partial charge is 0.191 e. The Morgan fingerprint density at radius 3 is 3.00 bits per heavy atom. The molecule has 0 radical (unpaired) electrons. The number of rotatable bonds is 8. The number of thiophene rings is 1. The standard InChI is InChI=1S/C19H34N4OS/c1-4-20-18(22-15-19(3,24)17-8-12-25-14-17)21-9-6-11-23-10-5-7-16(2)13-23/h8,12,14,16,24H,4-7,9-11,13,15H2,1-3H3,(H2,20,21,22). The highest BCUT2D eigenvalue weighted by atomic mass is 32.1. The van der Waals surface area contributed by atoms with E-state index in [1.165, 1.54) is 25.9 Å². The lowest BCUT2D eigenvalue weighted by molar-refractivity contribution is 0.0677. The third kappa shape index (κ3) is 6.96. The summed E-state index contributed by atoms with van der Waals surface area (Å²) in [6.45, 7) is 11.9. The number of likely N-dealkylation sites (tertiary alicyclic amines) is 1. The monoisotopic (exact) mass is 366 g/mol. The first-order valence-corrected chi connectivity index (χ1v) is 10.4. The molecule has 2 atom stereocenters. The summed E-state index contributed by atoms with van der Waals surface area (Å²) in [6.07, 6.45) is 3.81. The van der Waals surface area contributed by atoms with Gasteiger partial charge in [0.25, 0.3) is 0 Å². The van der Waals surface area contributed by atoms with E-state index in [4.69, 9.17) is 0 Å². The molecule has 0 bridgehead atoms. The van der Waals surface area contributed by atoms with Gasteiger partial charge in [-0.2, -0.15) is 11.3 Å². The molecular weight excluding hydrogens is 332 g/mol. The molecule has 1 aliphatic heterocycles. The molecule has 25 heavy (non-hydrogen) atoms. The third-order valence-corrected chi connectivity index (χ3v) is 5.40. The van der Waals surface area contributed by atoms with Gasteiger partial charge in [0.1, 0.15) is 5.60 Å². The fraction of sp³-hybridized carbons (Fsp3) is 0.737. The first kappa shape index (κ1) is 20.2. The van der Waals surface area contributed by atoms with Crippen LogP contribution in [0.4, 0.5) is 0 Å². The van der Waals surface area contributed by atoms with Gasteiger partial charge in [0.2, 0.25) is 0 Å². The largest absolute Gasteiger partial charge is 0.383 e. The Morgan fingerprint density at radius 1 is 1.48 bits per heavy atom. The van der Waals surface area contributed by atoms with Crippen molar-refractivity contribution >= 4 is 17.3 Å². The normalized spacial score (nSPS) is 21.8. The Labute approximate surface area is 156 Å². The van der Waals surface area contributed by atoms with Crippen LogP contribution in [0.15, 0.2) is 21.8 Å². The second kappa shape index (κ2) is 10.1. The second-order valence-corrected chi connectivity index (χ2v) is 8.09. The fourth-order valence-electron chi connectivity index (χ4n) is 3.24. The van der Waals surface area contributed by atoms with Crippen LogP contribution in [0.25, 0.3) is 0 Å². The van der Waals surface area contributed by atoms with E-state index in [1.54, 1.807) is 11.3 Å². The van der Waals surface area contributed by atoms with Gasteiger partial charge in [-0.25, -0.2) is 4.99 Å². The highest BCUT2D eigenvalue weighted by molar-refractivity contribution is 7.08. The molecule has 1 saturated heterocycles. The SMILES string of the molecule is CCNC(=NCC(C)(O)c1ccsc1)NCCCN1CCCC(C)C1. The van der Waals surface area contributed by atoms with Gasteiger partial charge in [-0.15, -0.1) is 0 Å². The van der Waals surface area contributed by atoms with Crippen molar-refractivity contribution in [2.24, 2.45) is 10.9 Å². The molecule has 0 aliphatic carbocycles. The maximum absolute atomic E-state index is 10.6. The highest BCUT2D eigenvalue weighted by Gasteiger charge is 2.23. The Morgan fingerprint density at radius 2 is 2.32 bits per heavy atom. The van der Waals surface area contributed by atoms with Gasteiger partial charge < -0.3 is 20.6 Å².